The van der Waals surface area contributed by atoms with Gasteiger partial charge in [0, 0.05) is 24.0 Å². The predicted octanol–water partition coefficient (Wildman–Crippen LogP) is 2.69. The van der Waals surface area contributed by atoms with Crippen LogP contribution in [0, 0.1) is 0 Å². The van der Waals surface area contributed by atoms with Gasteiger partial charge >= 0.3 is 0 Å². The molecule has 1 aromatic carbocycles. The molecule has 134 valence electrons. The van der Waals surface area contributed by atoms with Crippen molar-refractivity contribution in [3.63, 3.8) is 0 Å². The number of rotatable bonds is 2. The first-order valence-electron chi connectivity index (χ1n) is 9.68. The summed E-state index contributed by atoms with van der Waals surface area (Å²) in [5.41, 5.74) is 6.28. The Bertz CT molecular complexity index is 779. The van der Waals surface area contributed by atoms with Crippen molar-refractivity contribution in [3.8, 4) is 0 Å². The van der Waals surface area contributed by atoms with Crippen molar-refractivity contribution in [1.29, 1.82) is 0 Å². The maximum Gasteiger partial charge on any atom is 0.274 e. The van der Waals surface area contributed by atoms with E-state index in [0.29, 0.717) is 12.1 Å². The van der Waals surface area contributed by atoms with E-state index in [2.05, 4.69) is 10.00 Å². The molecular weight excluding hydrogens is 312 g/mol. The summed E-state index contributed by atoms with van der Waals surface area (Å²) in [4.78, 5) is 15.4. The van der Waals surface area contributed by atoms with Crippen LogP contribution in [0.15, 0.2) is 35.3 Å². The maximum atomic E-state index is 12.8. The van der Waals surface area contributed by atoms with Crippen LogP contribution in [-0.4, -0.2) is 39.9 Å². The molecule has 5 nitrogen and oxygen atoms in total. The van der Waals surface area contributed by atoms with E-state index in [1.807, 2.05) is 30.5 Å². The summed E-state index contributed by atoms with van der Waals surface area (Å²) < 4.78 is 1.73. The summed E-state index contributed by atoms with van der Waals surface area (Å²) in [6.45, 7) is 2.21. The van der Waals surface area contributed by atoms with Gasteiger partial charge in [-0.05, 0) is 51.1 Å². The highest BCUT2D eigenvalue weighted by Crippen LogP contribution is 2.31. The Balaban J connectivity index is 1.47. The van der Waals surface area contributed by atoms with E-state index >= 15 is 0 Å². The average molecular weight is 340 g/mol. The zero-order valence-electron chi connectivity index (χ0n) is 14.8. The van der Waals surface area contributed by atoms with Crippen LogP contribution in [0.25, 0.3) is 10.8 Å². The zero-order valence-corrected chi connectivity index (χ0v) is 14.8. The van der Waals surface area contributed by atoms with E-state index in [0.717, 1.165) is 49.4 Å². The molecule has 2 fully saturated rings. The van der Waals surface area contributed by atoms with Crippen LogP contribution in [-0.2, 0) is 0 Å². The molecule has 1 aliphatic carbocycles. The first-order valence-corrected chi connectivity index (χ1v) is 9.68. The number of aromatic nitrogens is 2. The summed E-state index contributed by atoms with van der Waals surface area (Å²) in [6, 6.07) is 8.90. The van der Waals surface area contributed by atoms with Crippen molar-refractivity contribution in [2.75, 3.05) is 13.1 Å². The summed E-state index contributed by atoms with van der Waals surface area (Å²) in [5.74, 6) is 0. The summed E-state index contributed by atoms with van der Waals surface area (Å²) in [5, 5.41) is 6.17. The third-order valence-electron chi connectivity index (χ3n) is 5.99. The Labute approximate surface area is 148 Å². The first-order chi connectivity index (χ1) is 12.2. The van der Waals surface area contributed by atoms with Gasteiger partial charge < -0.3 is 5.73 Å². The van der Waals surface area contributed by atoms with Crippen molar-refractivity contribution >= 4 is 10.8 Å². The molecule has 1 aliphatic heterocycles. The van der Waals surface area contributed by atoms with E-state index in [-0.39, 0.29) is 11.6 Å². The molecule has 1 unspecified atom stereocenters. The molecule has 2 aliphatic rings. The lowest BCUT2D eigenvalue weighted by atomic mass is 9.90. The number of hydrogen-bond acceptors (Lipinski definition) is 4. The van der Waals surface area contributed by atoms with E-state index < -0.39 is 0 Å². The van der Waals surface area contributed by atoms with Crippen LogP contribution >= 0.6 is 0 Å². The molecule has 2 heterocycles. The molecule has 0 radical (unpaired) electrons. The van der Waals surface area contributed by atoms with Crippen molar-refractivity contribution in [2.45, 2.75) is 63.1 Å². The number of hydrogen-bond donors (Lipinski definition) is 1. The van der Waals surface area contributed by atoms with Gasteiger partial charge in [0.2, 0.25) is 0 Å². The van der Waals surface area contributed by atoms with Gasteiger partial charge in [0.05, 0.1) is 17.6 Å². The van der Waals surface area contributed by atoms with Crippen LogP contribution in [0.1, 0.15) is 51.0 Å². The molecule has 1 saturated heterocycles. The quantitative estimate of drug-likeness (QED) is 0.913. The van der Waals surface area contributed by atoms with Gasteiger partial charge in [-0.3, -0.25) is 9.69 Å². The number of likely N-dealkylation sites (tertiary alicyclic amines) is 1. The Morgan fingerprint density at radius 2 is 1.76 bits per heavy atom. The fourth-order valence-corrected chi connectivity index (χ4v) is 4.57. The fourth-order valence-electron chi connectivity index (χ4n) is 4.57. The SMILES string of the molecule is NC1CCCCN(C2CCC(n3ncc4ccccc4c3=O)CC2)C1. The van der Waals surface area contributed by atoms with E-state index in [4.69, 9.17) is 5.73 Å². The summed E-state index contributed by atoms with van der Waals surface area (Å²) in [7, 11) is 0. The van der Waals surface area contributed by atoms with Gasteiger partial charge in [-0.2, -0.15) is 5.10 Å². The second kappa shape index (κ2) is 7.26. The number of benzene rings is 1. The number of nitrogens with zero attached hydrogens (tertiary/aromatic N) is 3. The maximum absolute atomic E-state index is 12.8. The molecule has 1 aromatic heterocycles. The minimum atomic E-state index is 0.0540. The minimum Gasteiger partial charge on any atom is -0.327 e. The average Bonchev–Trinajstić information content (AvgIpc) is 2.87. The Morgan fingerprint density at radius 1 is 1.00 bits per heavy atom. The van der Waals surface area contributed by atoms with Gasteiger partial charge in [-0.25, -0.2) is 4.68 Å². The van der Waals surface area contributed by atoms with E-state index in [9.17, 15) is 4.79 Å². The molecule has 2 N–H and O–H groups in total. The number of nitrogens with two attached hydrogens (primary N) is 1. The van der Waals surface area contributed by atoms with Gasteiger partial charge in [-0.1, -0.05) is 24.6 Å². The molecule has 0 bridgehead atoms. The first kappa shape index (κ1) is 16.7. The topological polar surface area (TPSA) is 64.2 Å². The van der Waals surface area contributed by atoms with Gasteiger partial charge in [0.25, 0.3) is 5.56 Å². The molecule has 2 aromatic rings. The van der Waals surface area contributed by atoms with Crippen LogP contribution in [0.3, 0.4) is 0 Å². The molecule has 5 heteroatoms. The number of fused-ring (bicyclic) bond motifs is 1. The Morgan fingerprint density at radius 3 is 2.60 bits per heavy atom. The predicted molar refractivity (Wildman–Crippen MR) is 101 cm³/mol. The third kappa shape index (κ3) is 3.48. The van der Waals surface area contributed by atoms with Gasteiger partial charge in [-0.15, -0.1) is 0 Å². The van der Waals surface area contributed by atoms with Crippen LogP contribution in [0.2, 0.25) is 0 Å². The smallest absolute Gasteiger partial charge is 0.274 e. The van der Waals surface area contributed by atoms with Crippen LogP contribution in [0.4, 0.5) is 0 Å². The minimum absolute atomic E-state index is 0.0540. The highest BCUT2D eigenvalue weighted by molar-refractivity contribution is 5.80. The normalized spacial score (nSPS) is 28.8. The Hall–Kier alpha value is -1.72. The van der Waals surface area contributed by atoms with Gasteiger partial charge in [0.1, 0.15) is 0 Å². The second-order valence-electron chi connectivity index (χ2n) is 7.69. The zero-order chi connectivity index (χ0) is 17.2. The summed E-state index contributed by atoms with van der Waals surface area (Å²) >= 11 is 0. The fraction of sp³-hybridized carbons (Fsp3) is 0.600. The standard InChI is InChI=1S/C20H28N4O/c21-16-6-3-4-12-23(14-16)17-8-10-18(11-9-17)24-20(25)19-7-2-1-5-15(19)13-22-24/h1-2,5,7,13,16-18H,3-4,6,8-12,14,21H2. The van der Waals surface area contributed by atoms with E-state index in [1.54, 1.807) is 4.68 Å². The van der Waals surface area contributed by atoms with Gasteiger partial charge in [0.15, 0.2) is 0 Å². The highest BCUT2D eigenvalue weighted by atomic mass is 16.1. The largest absolute Gasteiger partial charge is 0.327 e. The molecular formula is C20H28N4O. The molecule has 1 saturated carbocycles. The lowest BCUT2D eigenvalue weighted by molar-refractivity contribution is 0.133. The molecule has 0 spiro atoms. The molecule has 0 amide bonds. The highest BCUT2D eigenvalue weighted by Gasteiger charge is 2.29. The van der Waals surface area contributed by atoms with Crippen molar-refractivity contribution in [2.24, 2.45) is 5.73 Å². The monoisotopic (exact) mass is 340 g/mol. The van der Waals surface area contributed by atoms with E-state index in [1.165, 1.54) is 19.4 Å². The molecule has 25 heavy (non-hydrogen) atoms. The second-order valence-corrected chi connectivity index (χ2v) is 7.69. The molecule has 1 atom stereocenters. The molecule has 4 rings (SSSR count). The summed E-state index contributed by atoms with van der Waals surface area (Å²) in [6.07, 6.45) is 9.83. The van der Waals surface area contributed by atoms with Crippen LogP contribution < -0.4 is 11.3 Å². The van der Waals surface area contributed by atoms with Crippen molar-refractivity contribution < 1.29 is 0 Å². The lowest BCUT2D eigenvalue weighted by Crippen LogP contribution is -2.44. The van der Waals surface area contributed by atoms with Crippen molar-refractivity contribution in [3.05, 3.63) is 40.8 Å². The van der Waals surface area contributed by atoms with Crippen molar-refractivity contribution in [1.82, 2.24) is 14.7 Å². The van der Waals surface area contributed by atoms with Crippen LogP contribution in [0.5, 0.6) is 0 Å². The Kier molecular flexibility index (Phi) is 4.86. The third-order valence-corrected chi connectivity index (χ3v) is 5.99. The lowest BCUT2D eigenvalue weighted by Gasteiger charge is -2.37.